The van der Waals surface area contributed by atoms with Crippen molar-refractivity contribution in [2.24, 2.45) is 5.73 Å². The molecule has 6 nitrogen and oxygen atoms in total. The van der Waals surface area contributed by atoms with Gasteiger partial charge >= 0.3 is 0 Å². The summed E-state index contributed by atoms with van der Waals surface area (Å²) in [5.74, 6) is -1.11. The van der Waals surface area contributed by atoms with Gasteiger partial charge < -0.3 is 30.0 Å². The highest BCUT2D eigenvalue weighted by atomic mass is 16.8. The van der Waals surface area contributed by atoms with E-state index in [0.717, 1.165) is 19.4 Å². The molecule has 0 amide bonds. The molecule has 2 aliphatic rings. The first kappa shape index (κ1) is 15.2. The van der Waals surface area contributed by atoms with Gasteiger partial charge in [-0.3, -0.25) is 0 Å². The van der Waals surface area contributed by atoms with Crippen molar-refractivity contribution >= 4 is 0 Å². The number of rotatable bonds is 6. The molecule has 0 aromatic rings. The van der Waals surface area contributed by atoms with E-state index in [2.05, 4.69) is 5.32 Å². The van der Waals surface area contributed by atoms with Crippen molar-refractivity contribution in [1.82, 2.24) is 5.32 Å². The van der Waals surface area contributed by atoms with Crippen molar-refractivity contribution in [1.29, 1.82) is 0 Å². The monoisotopic (exact) mass is 274 g/mol. The van der Waals surface area contributed by atoms with Gasteiger partial charge in [-0.25, -0.2) is 0 Å². The van der Waals surface area contributed by atoms with E-state index < -0.39 is 11.6 Å². The zero-order valence-corrected chi connectivity index (χ0v) is 12.1. The zero-order valence-electron chi connectivity index (χ0n) is 12.1. The summed E-state index contributed by atoms with van der Waals surface area (Å²) < 4.78 is 23.2. The lowest BCUT2D eigenvalue weighted by Crippen LogP contribution is -2.35. The number of hydrogen-bond donors (Lipinski definition) is 2. The Morgan fingerprint density at radius 1 is 1.05 bits per heavy atom. The average molecular weight is 274 g/mol. The predicted molar refractivity (Wildman–Crippen MR) is 70.7 cm³/mol. The molecule has 112 valence electrons. The first-order valence-electron chi connectivity index (χ1n) is 6.97. The molecule has 4 unspecified atom stereocenters. The van der Waals surface area contributed by atoms with Crippen LogP contribution in [-0.4, -0.2) is 57.1 Å². The quantitative estimate of drug-likeness (QED) is 0.721. The topological polar surface area (TPSA) is 75.0 Å². The lowest BCUT2D eigenvalue weighted by Gasteiger charge is -2.29. The largest absolute Gasteiger partial charge is 0.347 e. The van der Waals surface area contributed by atoms with E-state index >= 15 is 0 Å². The van der Waals surface area contributed by atoms with Crippen LogP contribution < -0.4 is 11.1 Å². The summed E-state index contributed by atoms with van der Waals surface area (Å²) in [6.45, 7) is 6.40. The maximum atomic E-state index is 5.93. The molecule has 0 aliphatic carbocycles. The van der Waals surface area contributed by atoms with E-state index in [1.165, 1.54) is 0 Å². The Morgan fingerprint density at radius 3 is 2.05 bits per heavy atom. The lowest BCUT2D eigenvalue weighted by molar-refractivity contribution is -0.198. The molecule has 0 bridgehead atoms. The highest BCUT2D eigenvalue weighted by molar-refractivity contribution is 4.81. The molecule has 19 heavy (non-hydrogen) atoms. The fourth-order valence-corrected chi connectivity index (χ4v) is 2.54. The van der Waals surface area contributed by atoms with Crippen LogP contribution in [0.4, 0.5) is 0 Å². The molecule has 4 atom stereocenters. The molecule has 3 N–H and O–H groups in total. The summed E-state index contributed by atoms with van der Waals surface area (Å²) in [6.07, 6.45) is 1.58. The minimum Gasteiger partial charge on any atom is -0.347 e. The van der Waals surface area contributed by atoms with Crippen LogP contribution in [0.25, 0.3) is 0 Å². The number of nitrogens with one attached hydrogen (secondary N) is 1. The molecule has 0 aromatic carbocycles. The van der Waals surface area contributed by atoms with Crippen LogP contribution in [0.5, 0.6) is 0 Å². The fourth-order valence-electron chi connectivity index (χ4n) is 2.54. The van der Waals surface area contributed by atoms with Gasteiger partial charge in [0.05, 0.1) is 25.4 Å². The van der Waals surface area contributed by atoms with Crippen LogP contribution in [0, 0.1) is 0 Å². The molecule has 2 saturated heterocycles. The number of hydrogen-bond acceptors (Lipinski definition) is 6. The maximum absolute atomic E-state index is 5.93. The predicted octanol–water partition coefficient (Wildman–Crippen LogP) is 0.208. The van der Waals surface area contributed by atoms with Gasteiger partial charge in [-0.05, 0) is 20.9 Å². The van der Waals surface area contributed by atoms with Crippen LogP contribution in [0.3, 0.4) is 0 Å². The zero-order chi connectivity index (χ0) is 13.9. The van der Waals surface area contributed by atoms with E-state index in [9.17, 15) is 0 Å². The normalized spacial score (nSPS) is 42.9. The van der Waals surface area contributed by atoms with E-state index in [1.54, 1.807) is 0 Å². The van der Waals surface area contributed by atoms with Gasteiger partial charge in [0.25, 0.3) is 0 Å². The van der Waals surface area contributed by atoms with E-state index in [1.807, 2.05) is 20.9 Å². The van der Waals surface area contributed by atoms with Crippen LogP contribution >= 0.6 is 0 Å². The van der Waals surface area contributed by atoms with Gasteiger partial charge in [0.1, 0.15) is 0 Å². The van der Waals surface area contributed by atoms with Gasteiger partial charge in [0.15, 0.2) is 11.6 Å². The van der Waals surface area contributed by atoms with Crippen molar-refractivity contribution in [2.45, 2.75) is 50.5 Å². The highest BCUT2D eigenvalue weighted by Gasteiger charge is 2.42. The summed E-state index contributed by atoms with van der Waals surface area (Å²) in [6, 6.07) is 0. The maximum Gasteiger partial charge on any atom is 0.166 e. The summed E-state index contributed by atoms with van der Waals surface area (Å²) in [4.78, 5) is 0. The number of likely N-dealkylation sites (N-methyl/N-ethyl adjacent to an activating group) is 1. The minimum absolute atomic E-state index is 0.000241. The Morgan fingerprint density at radius 2 is 1.58 bits per heavy atom. The smallest absolute Gasteiger partial charge is 0.166 e. The molecule has 0 spiro atoms. The molecule has 2 heterocycles. The fraction of sp³-hybridized carbons (Fsp3) is 1.00. The molecule has 2 fully saturated rings. The van der Waals surface area contributed by atoms with Crippen molar-refractivity contribution in [3.05, 3.63) is 0 Å². The Bertz CT molecular complexity index is 304. The third kappa shape index (κ3) is 3.87. The Balaban J connectivity index is 1.79. The summed E-state index contributed by atoms with van der Waals surface area (Å²) in [7, 11) is 1.91. The SMILES string of the molecule is CNCC1COC(C)(CCC2(C)OCC(CN)O2)O1. The first-order chi connectivity index (χ1) is 8.99. The lowest BCUT2D eigenvalue weighted by atomic mass is 10.1. The van der Waals surface area contributed by atoms with E-state index in [4.69, 9.17) is 24.7 Å². The third-order valence-electron chi connectivity index (χ3n) is 3.71. The van der Waals surface area contributed by atoms with Gasteiger partial charge in [0, 0.05) is 25.9 Å². The second-order valence-electron chi connectivity index (χ2n) is 5.66. The Labute approximate surface area is 114 Å². The summed E-state index contributed by atoms with van der Waals surface area (Å²) in [5.41, 5.74) is 5.59. The van der Waals surface area contributed by atoms with Crippen LogP contribution in [-0.2, 0) is 18.9 Å². The summed E-state index contributed by atoms with van der Waals surface area (Å²) >= 11 is 0. The minimum atomic E-state index is -0.569. The van der Waals surface area contributed by atoms with Crippen molar-refractivity contribution < 1.29 is 18.9 Å². The number of ether oxygens (including phenoxy) is 4. The Kier molecular flexibility index (Phi) is 4.81. The molecule has 2 aliphatic heterocycles. The van der Waals surface area contributed by atoms with Crippen molar-refractivity contribution in [2.75, 3.05) is 33.4 Å². The van der Waals surface area contributed by atoms with E-state index in [0.29, 0.717) is 19.8 Å². The van der Waals surface area contributed by atoms with Crippen LogP contribution in [0.1, 0.15) is 26.7 Å². The van der Waals surface area contributed by atoms with Gasteiger partial charge in [-0.1, -0.05) is 0 Å². The highest BCUT2D eigenvalue weighted by Crippen LogP contribution is 2.34. The molecular weight excluding hydrogens is 248 g/mol. The second kappa shape index (κ2) is 6.03. The van der Waals surface area contributed by atoms with Crippen LogP contribution in [0.15, 0.2) is 0 Å². The average Bonchev–Trinajstić information content (AvgIpc) is 2.93. The molecule has 0 aromatic heterocycles. The molecule has 0 radical (unpaired) electrons. The van der Waals surface area contributed by atoms with Gasteiger partial charge in [0.2, 0.25) is 0 Å². The van der Waals surface area contributed by atoms with Gasteiger partial charge in [-0.2, -0.15) is 0 Å². The molecule has 2 rings (SSSR count). The van der Waals surface area contributed by atoms with Crippen molar-refractivity contribution in [3.63, 3.8) is 0 Å². The molecule has 0 saturated carbocycles. The van der Waals surface area contributed by atoms with Crippen LogP contribution in [0.2, 0.25) is 0 Å². The first-order valence-corrected chi connectivity index (χ1v) is 6.97. The second-order valence-corrected chi connectivity index (χ2v) is 5.66. The molecular formula is C13H26N2O4. The standard InChI is InChI=1S/C13H26N2O4/c1-12(16-8-10(6-14)18-12)4-5-13(2)17-9-11(19-13)7-15-3/h10-11,15H,4-9,14H2,1-3H3. The third-order valence-corrected chi connectivity index (χ3v) is 3.71. The number of nitrogens with two attached hydrogens (primary N) is 1. The Hall–Kier alpha value is -0.240. The van der Waals surface area contributed by atoms with Gasteiger partial charge in [-0.15, -0.1) is 0 Å². The van der Waals surface area contributed by atoms with Crippen molar-refractivity contribution in [3.8, 4) is 0 Å². The molecule has 6 heteroatoms. The van der Waals surface area contributed by atoms with E-state index in [-0.39, 0.29) is 12.2 Å². The summed E-state index contributed by atoms with van der Waals surface area (Å²) in [5, 5.41) is 3.10.